The van der Waals surface area contributed by atoms with Crippen molar-refractivity contribution in [2.24, 2.45) is 7.05 Å². The maximum absolute atomic E-state index is 13.1. The minimum absolute atomic E-state index is 0.0506. The van der Waals surface area contributed by atoms with Crippen LogP contribution in [0.2, 0.25) is 5.02 Å². The average molecular weight is 489 g/mol. The first kappa shape index (κ1) is 22.1. The zero-order valence-electron chi connectivity index (χ0n) is 17.9. The van der Waals surface area contributed by atoms with Crippen molar-refractivity contribution >= 4 is 46.5 Å². The predicted molar refractivity (Wildman–Crippen MR) is 131 cm³/mol. The standard InChI is InChI=1S/C25H17ClN4O3S/c1-30-24(14-9-11-15(26)12-10-14)28-29-25(30)34-13-20(31)27-19-8-4-7-18-21(19)23(33)17-6-3-2-5-16(17)22(18)32/h2-12H,13H2,1H3,(H,27,31). The van der Waals surface area contributed by atoms with Crippen LogP contribution in [0.1, 0.15) is 31.8 Å². The molecule has 0 unspecified atom stereocenters. The molecule has 0 aliphatic heterocycles. The lowest BCUT2D eigenvalue weighted by molar-refractivity contribution is -0.113. The van der Waals surface area contributed by atoms with Crippen molar-refractivity contribution in [3.8, 4) is 11.4 Å². The average Bonchev–Trinajstić information content (AvgIpc) is 3.22. The van der Waals surface area contributed by atoms with Crippen LogP contribution < -0.4 is 5.32 Å². The van der Waals surface area contributed by atoms with Gasteiger partial charge in [0.2, 0.25) is 5.91 Å². The second-order valence-corrected chi connectivity index (χ2v) is 9.02. The number of hydrogen-bond donors (Lipinski definition) is 1. The molecule has 1 amide bonds. The van der Waals surface area contributed by atoms with E-state index in [9.17, 15) is 14.4 Å². The Labute approximate surface area is 204 Å². The van der Waals surface area contributed by atoms with E-state index in [0.29, 0.717) is 32.8 Å². The maximum Gasteiger partial charge on any atom is 0.234 e. The smallest absolute Gasteiger partial charge is 0.234 e. The van der Waals surface area contributed by atoms with Crippen LogP contribution in [0, 0.1) is 0 Å². The Balaban J connectivity index is 1.33. The number of anilines is 1. The summed E-state index contributed by atoms with van der Waals surface area (Å²) < 4.78 is 1.80. The van der Waals surface area contributed by atoms with Gasteiger partial charge in [-0.15, -0.1) is 10.2 Å². The minimum Gasteiger partial charge on any atom is -0.325 e. The third-order valence-corrected chi connectivity index (χ3v) is 6.77. The van der Waals surface area contributed by atoms with Gasteiger partial charge in [-0.2, -0.15) is 0 Å². The quantitative estimate of drug-likeness (QED) is 0.362. The van der Waals surface area contributed by atoms with Crippen molar-refractivity contribution < 1.29 is 14.4 Å². The van der Waals surface area contributed by atoms with E-state index in [-0.39, 0.29) is 34.4 Å². The van der Waals surface area contributed by atoms with Gasteiger partial charge in [-0.05, 0) is 30.3 Å². The van der Waals surface area contributed by atoms with Crippen LogP contribution in [-0.4, -0.2) is 38.0 Å². The zero-order valence-corrected chi connectivity index (χ0v) is 19.5. The van der Waals surface area contributed by atoms with Gasteiger partial charge >= 0.3 is 0 Å². The summed E-state index contributed by atoms with van der Waals surface area (Å²) in [6.07, 6.45) is 0. The molecule has 3 aromatic carbocycles. The van der Waals surface area contributed by atoms with E-state index >= 15 is 0 Å². The van der Waals surface area contributed by atoms with Crippen LogP contribution in [0.4, 0.5) is 5.69 Å². The lowest BCUT2D eigenvalue weighted by atomic mass is 9.83. The maximum atomic E-state index is 13.1. The summed E-state index contributed by atoms with van der Waals surface area (Å²) in [5.41, 5.74) is 2.39. The summed E-state index contributed by atoms with van der Waals surface area (Å²) in [4.78, 5) is 38.7. The molecule has 0 atom stereocenters. The molecule has 5 rings (SSSR count). The van der Waals surface area contributed by atoms with Crippen LogP contribution in [0.25, 0.3) is 11.4 Å². The summed E-state index contributed by atoms with van der Waals surface area (Å²) in [6, 6.07) is 18.8. The Kier molecular flexibility index (Phi) is 5.77. The van der Waals surface area contributed by atoms with Gasteiger partial charge in [-0.25, -0.2) is 0 Å². The molecule has 1 aromatic heterocycles. The normalized spacial score (nSPS) is 12.3. The molecular weight excluding hydrogens is 472 g/mol. The first-order chi connectivity index (χ1) is 16.4. The Hall–Kier alpha value is -3.75. The van der Waals surface area contributed by atoms with E-state index in [1.165, 1.54) is 11.8 Å². The van der Waals surface area contributed by atoms with Gasteiger partial charge in [0.05, 0.1) is 17.0 Å². The third kappa shape index (κ3) is 3.91. The molecule has 168 valence electrons. The molecule has 0 fully saturated rings. The van der Waals surface area contributed by atoms with Gasteiger partial charge in [-0.3, -0.25) is 14.4 Å². The van der Waals surface area contributed by atoms with Gasteiger partial charge in [0, 0.05) is 34.3 Å². The molecule has 1 N–H and O–H groups in total. The number of thioether (sulfide) groups is 1. The molecule has 0 saturated carbocycles. The van der Waals surface area contributed by atoms with Crippen molar-refractivity contribution in [2.45, 2.75) is 5.16 Å². The third-order valence-electron chi connectivity index (χ3n) is 5.50. The molecule has 4 aromatic rings. The Bertz CT molecular complexity index is 1460. The van der Waals surface area contributed by atoms with Gasteiger partial charge in [0.25, 0.3) is 0 Å². The highest BCUT2D eigenvalue weighted by Crippen LogP contribution is 2.32. The number of hydrogen-bond acceptors (Lipinski definition) is 6. The van der Waals surface area contributed by atoms with E-state index < -0.39 is 0 Å². The van der Waals surface area contributed by atoms with E-state index in [1.54, 1.807) is 59.2 Å². The number of carbonyl (C=O) groups excluding carboxylic acids is 3. The number of rotatable bonds is 5. The van der Waals surface area contributed by atoms with Crippen LogP contribution in [0.15, 0.2) is 71.9 Å². The van der Waals surface area contributed by atoms with E-state index in [2.05, 4.69) is 15.5 Å². The number of nitrogens with zero attached hydrogens (tertiary/aromatic N) is 3. The number of carbonyl (C=O) groups is 3. The highest BCUT2D eigenvalue weighted by molar-refractivity contribution is 7.99. The van der Waals surface area contributed by atoms with Crippen LogP contribution in [-0.2, 0) is 11.8 Å². The highest BCUT2D eigenvalue weighted by atomic mass is 35.5. The lowest BCUT2D eigenvalue weighted by Crippen LogP contribution is -2.24. The van der Waals surface area contributed by atoms with Crippen molar-refractivity contribution in [1.82, 2.24) is 14.8 Å². The molecule has 1 heterocycles. The van der Waals surface area contributed by atoms with E-state index in [1.807, 2.05) is 19.2 Å². The molecule has 0 saturated heterocycles. The molecule has 0 radical (unpaired) electrons. The summed E-state index contributed by atoms with van der Waals surface area (Å²) in [5.74, 6) is -0.137. The number of benzene rings is 3. The van der Waals surface area contributed by atoms with Gasteiger partial charge in [-0.1, -0.05) is 59.8 Å². The SMILES string of the molecule is Cn1c(SCC(=O)Nc2cccc3c2C(=O)c2ccccc2C3=O)nnc1-c1ccc(Cl)cc1. The highest BCUT2D eigenvalue weighted by Gasteiger charge is 2.31. The Morgan fingerprint density at radius 3 is 2.32 bits per heavy atom. The van der Waals surface area contributed by atoms with Crippen LogP contribution in [0.3, 0.4) is 0 Å². The molecule has 0 bridgehead atoms. The molecule has 9 heteroatoms. The molecule has 1 aliphatic carbocycles. The first-order valence-electron chi connectivity index (χ1n) is 10.3. The van der Waals surface area contributed by atoms with Crippen molar-refractivity contribution in [2.75, 3.05) is 11.1 Å². The fourth-order valence-corrected chi connectivity index (χ4v) is 4.69. The zero-order chi connectivity index (χ0) is 23.8. The molecule has 0 spiro atoms. The molecular formula is C25H17ClN4O3S. The van der Waals surface area contributed by atoms with Gasteiger partial charge in [0.1, 0.15) is 0 Å². The largest absolute Gasteiger partial charge is 0.325 e. The molecule has 7 nitrogen and oxygen atoms in total. The monoisotopic (exact) mass is 488 g/mol. The van der Waals surface area contributed by atoms with Gasteiger partial charge < -0.3 is 9.88 Å². The molecule has 34 heavy (non-hydrogen) atoms. The fourth-order valence-electron chi connectivity index (χ4n) is 3.86. The van der Waals surface area contributed by atoms with Crippen molar-refractivity contribution in [3.63, 3.8) is 0 Å². The Morgan fingerprint density at radius 2 is 1.59 bits per heavy atom. The number of ketones is 2. The van der Waals surface area contributed by atoms with Crippen LogP contribution >= 0.6 is 23.4 Å². The van der Waals surface area contributed by atoms with Crippen LogP contribution in [0.5, 0.6) is 0 Å². The molecule has 1 aliphatic rings. The predicted octanol–water partition coefficient (Wildman–Crippen LogP) is 4.64. The van der Waals surface area contributed by atoms with Crippen molar-refractivity contribution in [1.29, 1.82) is 0 Å². The number of aromatic nitrogens is 3. The Morgan fingerprint density at radius 1 is 0.912 bits per heavy atom. The van der Waals surface area contributed by atoms with Crippen molar-refractivity contribution in [3.05, 3.63) is 94.0 Å². The second-order valence-electron chi connectivity index (χ2n) is 7.64. The summed E-state index contributed by atoms with van der Waals surface area (Å²) in [7, 11) is 1.82. The minimum atomic E-state index is -0.325. The number of amides is 1. The first-order valence-corrected chi connectivity index (χ1v) is 11.7. The summed E-state index contributed by atoms with van der Waals surface area (Å²) in [6.45, 7) is 0. The number of halogens is 1. The number of fused-ring (bicyclic) bond motifs is 2. The van der Waals surface area contributed by atoms with E-state index in [0.717, 1.165) is 5.56 Å². The topological polar surface area (TPSA) is 94.0 Å². The summed E-state index contributed by atoms with van der Waals surface area (Å²) in [5, 5.41) is 12.4. The second kappa shape index (κ2) is 8.89. The number of nitrogens with one attached hydrogen (secondary N) is 1. The van der Waals surface area contributed by atoms with Gasteiger partial charge in [0.15, 0.2) is 22.5 Å². The fraction of sp³-hybridized carbons (Fsp3) is 0.0800. The summed E-state index contributed by atoms with van der Waals surface area (Å²) >= 11 is 7.17. The van der Waals surface area contributed by atoms with E-state index in [4.69, 9.17) is 11.6 Å². The lowest BCUT2D eigenvalue weighted by Gasteiger charge is -2.20.